The van der Waals surface area contributed by atoms with Crippen molar-refractivity contribution in [2.75, 3.05) is 20.6 Å². The number of likely N-dealkylation sites (tertiary alicyclic amines) is 1. The Morgan fingerprint density at radius 3 is 2.56 bits per heavy atom. The van der Waals surface area contributed by atoms with E-state index >= 15 is 0 Å². The van der Waals surface area contributed by atoms with Crippen LogP contribution in [0.1, 0.15) is 42.0 Å². The van der Waals surface area contributed by atoms with E-state index in [1.165, 1.54) is 30.4 Å². The zero-order valence-corrected chi connectivity index (χ0v) is 15.3. The van der Waals surface area contributed by atoms with E-state index in [1.807, 2.05) is 42.3 Å². The highest BCUT2D eigenvalue weighted by Crippen LogP contribution is 2.32. The number of piperidine rings is 1. The summed E-state index contributed by atoms with van der Waals surface area (Å²) in [4.78, 5) is 16.9. The molecule has 2 aromatic carbocycles. The van der Waals surface area contributed by atoms with Crippen LogP contribution in [-0.2, 0) is 17.8 Å². The van der Waals surface area contributed by atoms with Crippen LogP contribution in [0, 0.1) is 0 Å². The average Bonchev–Trinajstić information content (AvgIpc) is 2.63. The van der Waals surface area contributed by atoms with Crippen LogP contribution in [0.15, 0.2) is 54.6 Å². The van der Waals surface area contributed by atoms with Crippen molar-refractivity contribution in [3.63, 3.8) is 0 Å². The lowest BCUT2D eigenvalue weighted by atomic mass is 9.92. The minimum atomic E-state index is 0.165. The first kappa shape index (κ1) is 17.7. The van der Waals surface area contributed by atoms with Gasteiger partial charge in [0.25, 0.3) is 0 Å². The van der Waals surface area contributed by atoms with Crippen LogP contribution >= 0.6 is 0 Å². The number of amides is 1. The summed E-state index contributed by atoms with van der Waals surface area (Å²) in [5.41, 5.74) is 3.72. The Balaban J connectivity index is 1.71. The maximum absolute atomic E-state index is 12.6. The van der Waals surface area contributed by atoms with E-state index in [4.69, 9.17) is 0 Å². The maximum Gasteiger partial charge on any atom is 0.227 e. The first-order valence-electron chi connectivity index (χ1n) is 9.21. The highest BCUT2D eigenvalue weighted by Gasteiger charge is 2.23. The topological polar surface area (TPSA) is 23.6 Å². The first-order chi connectivity index (χ1) is 12.1. The molecule has 25 heavy (non-hydrogen) atoms. The molecular weight excluding hydrogens is 308 g/mol. The van der Waals surface area contributed by atoms with E-state index in [0.29, 0.717) is 19.0 Å². The lowest BCUT2D eigenvalue weighted by Gasteiger charge is -2.34. The smallest absolute Gasteiger partial charge is 0.227 e. The highest BCUT2D eigenvalue weighted by molar-refractivity contribution is 5.78. The predicted octanol–water partition coefficient (Wildman–Crippen LogP) is 4.04. The van der Waals surface area contributed by atoms with E-state index < -0.39 is 0 Å². The fourth-order valence-corrected chi connectivity index (χ4v) is 3.72. The number of likely N-dealkylation sites (N-methyl/N-ethyl adjacent to an activating group) is 1. The van der Waals surface area contributed by atoms with Crippen LogP contribution in [0.2, 0.25) is 0 Å². The Labute approximate surface area is 151 Å². The lowest BCUT2D eigenvalue weighted by Crippen LogP contribution is -2.32. The molecule has 0 bridgehead atoms. The normalized spacial score (nSPS) is 18.1. The molecule has 0 radical (unpaired) electrons. The third kappa shape index (κ3) is 4.49. The van der Waals surface area contributed by atoms with Gasteiger partial charge in [0.05, 0.1) is 6.42 Å². The molecule has 1 atom stereocenters. The van der Waals surface area contributed by atoms with Gasteiger partial charge in [-0.15, -0.1) is 0 Å². The van der Waals surface area contributed by atoms with Crippen molar-refractivity contribution < 1.29 is 4.79 Å². The van der Waals surface area contributed by atoms with Gasteiger partial charge in [0.2, 0.25) is 5.91 Å². The van der Waals surface area contributed by atoms with Crippen LogP contribution in [0.25, 0.3) is 0 Å². The molecule has 1 fully saturated rings. The zero-order chi connectivity index (χ0) is 17.6. The number of rotatable bonds is 5. The molecule has 1 saturated heterocycles. The Kier molecular flexibility index (Phi) is 5.87. The molecule has 0 spiro atoms. The number of hydrogen-bond acceptors (Lipinski definition) is 2. The third-order valence-electron chi connectivity index (χ3n) is 5.22. The van der Waals surface area contributed by atoms with Gasteiger partial charge >= 0.3 is 0 Å². The molecule has 132 valence electrons. The molecule has 1 aliphatic rings. The lowest BCUT2D eigenvalue weighted by molar-refractivity contribution is -0.129. The summed E-state index contributed by atoms with van der Waals surface area (Å²) >= 11 is 0. The average molecular weight is 336 g/mol. The van der Waals surface area contributed by atoms with Crippen molar-refractivity contribution in [1.82, 2.24) is 9.80 Å². The second-order valence-electron chi connectivity index (χ2n) is 7.10. The maximum atomic E-state index is 12.6. The van der Waals surface area contributed by atoms with Crippen LogP contribution in [-0.4, -0.2) is 36.3 Å². The monoisotopic (exact) mass is 336 g/mol. The van der Waals surface area contributed by atoms with Crippen molar-refractivity contribution >= 4 is 5.91 Å². The SMILES string of the molecule is CN(Cc1ccccc1C1CCCCN1C)C(=O)Cc1ccccc1. The Bertz CT molecular complexity index is 698. The Morgan fingerprint density at radius 2 is 1.80 bits per heavy atom. The van der Waals surface area contributed by atoms with Gasteiger partial charge < -0.3 is 4.90 Å². The number of carbonyl (C=O) groups is 1. The summed E-state index contributed by atoms with van der Waals surface area (Å²) in [5, 5.41) is 0. The molecule has 1 amide bonds. The van der Waals surface area contributed by atoms with Gasteiger partial charge in [-0.25, -0.2) is 0 Å². The third-order valence-corrected chi connectivity index (χ3v) is 5.22. The number of carbonyl (C=O) groups excluding carboxylic acids is 1. The summed E-state index contributed by atoms with van der Waals surface area (Å²) in [5.74, 6) is 0.165. The summed E-state index contributed by atoms with van der Waals surface area (Å²) in [7, 11) is 4.12. The first-order valence-corrected chi connectivity index (χ1v) is 9.21. The molecule has 3 heteroatoms. The van der Waals surface area contributed by atoms with Gasteiger partial charge in [-0.05, 0) is 43.1 Å². The molecule has 1 aliphatic heterocycles. The van der Waals surface area contributed by atoms with E-state index in [1.54, 1.807) is 0 Å². The van der Waals surface area contributed by atoms with E-state index in [9.17, 15) is 4.79 Å². The van der Waals surface area contributed by atoms with Crippen molar-refractivity contribution in [1.29, 1.82) is 0 Å². The van der Waals surface area contributed by atoms with E-state index in [-0.39, 0.29) is 5.91 Å². The summed E-state index contributed by atoms with van der Waals surface area (Å²) in [6.07, 6.45) is 4.23. The minimum Gasteiger partial charge on any atom is -0.341 e. The van der Waals surface area contributed by atoms with Gasteiger partial charge in [-0.1, -0.05) is 61.0 Å². The molecule has 0 aromatic heterocycles. The number of hydrogen-bond donors (Lipinski definition) is 0. The molecule has 0 saturated carbocycles. The van der Waals surface area contributed by atoms with Crippen molar-refractivity contribution in [2.45, 2.75) is 38.3 Å². The largest absolute Gasteiger partial charge is 0.341 e. The predicted molar refractivity (Wildman–Crippen MR) is 102 cm³/mol. The summed E-state index contributed by atoms with van der Waals surface area (Å²) < 4.78 is 0. The molecule has 0 N–H and O–H groups in total. The quantitative estimate of drug-likeness (QED) is 0.822. The van der Waals surface area contributed by atoms with Crippen molar-refractivity contribution in [3.05, 3.63) is 71.3 Å². The van der Waals surface area contributed by atoms with Gasteiger partial charge in [-0.3, -0.25) is 9.69 Å². The van der Waals surface area contributed by atoms with Gasteiger partial charge in [-0.2, -0.15) is 0 Å². The number of benzene rings is 2. The summed E-state index contributed by atoms with van der Waals surface area (Å²) in [6.45, 7) is 1.83. The Morgan fingerprint density at radius 1 is 1.08 bits per heavy atom. The minimum absolute atomic E-state index is 0.165. The van der Waals surface area contributed by atoms with Gasteiger partial charge in [0.15, 0.2) is 0 Å². The summed E-state index contributed by atoms with van der Waals surface area (Å²) in [6, 6.07) is 19.0. The van der Waals surface area contributed by atoms with Gasteiger partial charge in [0, 0.05) is 19.6 Å². The molecule has 0 aliphatic carbocycles. The molecule has 1 heterocycles. The molecule has 3 nitrogen and oxygen atoms in total. The molecule has 2 aromatic rings. The molecule has 3 rings (SSSR count). The second-order valence-corrected chi connectivity index (χ2v) is 7.10. The Hall–Kier alpha value is -2.13. The zero-order valence-electron chi connectivity index (χ0n) is 15.3. The standard InChI is InChI=1S/C22H28N2O/c1-23-15-9-8-14-21(23)20-13-7-6-12-19(20)17-24(2)22(25)16-18-10-4-3-5-11-18/h3-7,10-13,21H,8-9,14-17H2,1-2H3. The van der Waals surface area contributed by atoms with Crippen LogP contribution < -0.4 is 0 Å². The number of nitrogens with zero attached hydrogens (tertiary/aromatic N) is 2. The molecular formula is C22H28N2O. The van der Waals surface area contributed by atoms with E-state index in [0.717, 1.165) is 12.1 Å². The van der Waals surface area contributed by atoms with E-state index in [2.05, 4.69) is 36.2 Å². The fraction of sp³-hybridized carbons (Fsp3) is 0.409. The van der Waals surface area contributed by atoms with Crippen molar-refractivity contribution in [2.24, 2.45) is 0 Å². The van der Waals surface area contributed by atoms with Crippen LogP contribution in [0.5, 0.6) is 0 Å². The highest BCUT2D eigenvalue weighted by atomic mass is 16.2. The van der Waals surface area contributed by atoms with Gasteiger partial charge in [0.1, 0.15) is 0 Å². The van der Waals surface area contributed by atoms with Crippen LogP contribution in [0.4, 0.5) is 0 Å². The van der Waals surface area contributed by atoms with Crippen molar-refractivity contribution in [3.8, 4) is 0 Å². The fourth-order valence-electron chi connectivity index (χ4n) is 3.72. The molecule has 1 unspecified atom stereocenters. The second kappa shape index (κ2) is 8.30. The van der Waals surface area contributed by atoms with Crippen LogP contribution in [0.3, 0.4) is 0 Å².